The predicted molar refractivity (Wildman–Crippen MR) is 122 cm³/mol. The molecule has 3 atom stereocenters. The van der Waals surface area contributed by atoms with E-state index in [1.807, 2.05) is 0 Å². The van der Waals surface area contributed by atoms with Crippen molar-refractivity contribution in [1.82, 2.24) is 4.57 Å². The molecular formula is C21H30Cl2N3SiTi+. The Morgan fingerprint density at radius 1 is 1.07 bits per heavy atom. The van der Waals surface area contributed by atoms with E-state index in [2.05, 4.69) is 76.9 Å². The van der Waals surface area contributed by atoms with Crippen molar-refractivity contribution >= 4 is 32.4 Å². The van der Waals surface area contributed by atoms with E-state index in [9.17, 15) is 0 Å². The minimum atomic E-state index is -1.54. The van der Waals surface area contributed by atoms with Crippen LogP contribution >= 0.6 is 18.6 Å². The van der Waals surface area contributed by atoms with Crippen LogP contribution in [0.3, 0.4) is 0 Å². The van der Waals surface area contributed by atoms with Gasteiger partial charge < -0.3 is 22.6 Å². The van der Waals surface area contributed by atoms with E-state index in [1.165, 1.54) is 18.4 Å². The van der Waals surface area contributed by atoms with Crippen LogP contribution in [0.5, 0.6) is 0 Å². The maximum atomic E-state index is 4.89. The summed E-state index contributed by atoms with van der Waals surface area (Å²) in [5.41, 5.74) is 3.75. The standard InChI is InChI=1S/C20H27N3Si.CH3.2ClH.Ti/c1-24(2,23-14-21-13-22-15-23)20-12-11-18-17(9-6-10-19(18)20)16-7-4-3-5-8-16;;;;/h3-10,18-20H,11-15H2,1-2H3;1H3;2*1H;/q-2;-1;;;+6/p-2. The summed E-state index contributed by atoms with van der Waals surface area (Å²) in [7, 11) is 8.24. The number of halogens is 2. The fourth-order valence-electron chi connectivity index (χ4n) is 4.88. The van der Waals surface area contributed by atoms with Crippen LogP contribution in [0.2, 0.25) is 18.6 Å². The summed E-state index contributed by atoms with van der Waals surface area (Å²) < 4.78 is 2.60. The fourth-order valence-corrected chi connectivity index (χ4v) is 8.43. The molecule has 150 valence electrons. The Kier molecular flexibility index (Phi) is 9.98. The molecule has 0 aromatic heterocycles. The van der Waals surface area contributed by atoms with E-state index >= 15 is 0 Å². The van der Waals surface area contributed by atoms with E-state index in [0.717, 1.165) is 18.9 Å². The molecule has 4 rings (SSSR count). The molecule has 0 bridgehead atoms. The molecule has 2 fully saturated rings. The van der Waals surface area contributed by atoms with Gasteiger partial charge in [0.15, 0.2) is 0 Å². The second-order valence-electron chi connectivity index (χ2n) is 7.88. The Morgan fingerprint density at radius 3 is 2.36 bits per heavy atom. The Labute approximate surface area is 188 Å². The van der Waals surface area contributed by atoms with Crippen molar-refractivity contribution in [2.75, 3.05) is 20.0 Å². The van der Waals surface area contributed by atoms with Gasteiger partial charge in [-0.1, -0.05) is 68.1 Å². The van der Waals surface area contributed by atoms with Crippen molar-refractivity contribution in [3.63, 3.8) is 0 Å². The number of benzene rings is 1. The van der Waals surface area contributed by atoms with Gasteiger partial charge in [-0.05, 0) is 34.9 Å². The predicted octanol–water partition coefficient (Wildman–Crippen LogP) is 7.00. The molecular weight excluding hydrogens is 441 g/mol. The first-order chi connectivity index (χ1) is 13.1. The van der Waals surface area contributed by atoms with Gasteiger partial charge in [-0.25, -0.2) is 0 Å². The Bertz CT molecular complexity index is 663. The fraction of sp³-hybridized carbons (Fsp3) is 0.476. The molecule has 1 aliphatic heterocycles. The normalized spacial score (nSPS) is 27.3. The van der Waals surface area contributed by atoms with Crippen molar-refractivity contribution < 1.29 is 17.0 Å². The number of allylic oxidation sites excluding steroid dienone is 4. The zero-order valence-electron chi connectivity index (χ0n) is 17.0. The number of fused-ring (bicyclic) bond motifs is 1. The molecule has 1 aromatic carbocycles. The molecule has 3 unspecified atom stereocenters. The van der Waals surface area contributed by atoms with E-state index in [0.29, 0.717) is 18.5 Å². The third-order valence-corrected chi connectivity index (χ3v) is 10.7. The van der Waals surface area contributed by atoms with E-state index < -0.39 is 25.3 Å². The van der Waals surface area contributed by atoms with Gasteiger partial charge in [-0.2, -0.15) is 0 Å². The Morgan fingerprint density at radius 2 is 1.71 bits per heavy atom. The van der Waals surface area contributed by atoms with Crippen molar-refractivity contribution in [3.8, 4) is 0 Å². The summed E-state index contributed by atoms with van der Waals surface area (Å²) >= 11 is -0.556. The topological polar surface area (TPSA) is 31.4 Å². The minimum absolute atomic E-state index is 0. The van der Waals surface area contributed by atoms with Gasteiger partial charge >= 0.3 is 35.6 Å². The summed E-state index contributed by atoms with van der Waals surface area (Å²) in [6.07, 6.45) is 9.80. The third-order valence-electron chi connectivity index (χ3n) is 6.30. The van der Waals surface area contributed by atoms with E-state index in [-0.39, 0.29) is 7.43 Å². The van der Waals surface area contributed by atoms with Crippen LogP contribution in [0.25, 0.3) is 16.2 Å². The third kappa shape index (κ3) is 5.41. The Hall–Kier alpha value is 0.0912. The molecule has 1 saturated carbocycles. The summed E-state index contributed by atoms with van der Waals surface area (Å²) in [4.78, 5) is 0. The number of hydrogen-bond donors (Lipinski definition) is 0. The zero-order chi connectivity index (χ0) is 19.3. The van der Waals surface area contributed by atoms with Gasteiger partial charge in [0.25, 0.3) is 0 Å². The van der Waals surface area contributed by atoms with Crippen LogP contribution in [0, 0.1) is 19.3 Å². The summed E-state index contributed by atoms with van der Waals surface area (Å²) in [6, 6.07) is 11.0. The van der Waals surface area contributed by atoms with Crippen LogP contribution in [-0.2, 0) is 17.0 Å². The SMILES string of the molecule is C[Si](C)(C1CCC2C(c3ccccc3)=CC=CC21)N1C[N-]C[N-]C1.[CH3-].[Cl][Ti+4][Cl]. The quantitative estimate of drug-likeness (QED) is 0.345. The molecule has 3 nitrogen and oxygen atoms in total. The molecule has 0 spiro atoms. The van der Waals surface area contributed by atoms with Crippen LogP contribution in [0.1, 0.15) is 18.4 Å². The second-order valence-corrected chi connectivity index (χ2v) is 15.1. The molecule has 3 aliphatic rings. The van der Waals surface area contributed by atoms with Crippen molar-refractivity contribution in [2.45, 2.75) is 31.5 Å². The molecule has 1 aromatic rings. The first-order valence-electron chi connectivity index (χ1n) is 9.51. The van der Waals surface area contributed by atoms with Crippen LogP contribution in [-0.4, -0.2) is 32.8 Å². The monoisotopic (exact) mass is 470 g/mol. The van der Waals surface area contributed by atoms with Gasteiger partial charge in [0.05, 0.1) is 0 Å². The second kappa shape index (κ2) is 11.5. The van der Waals surface area contributed by atoms with Crippen LogP contribution in [0.15, 0.2) is 48.6 Å². The molecule has 28 heavy (non-hydrogen) atoms. The van der Waals surface area contributed by atoms with Gasteiger partial charge in [0.1, 0.15) is 8.24 Å². The van der Waals surface area contributed by atoms with Gasteiger partial charge in [-0.15, -0.1) is 13.3 Å². The first-order valence-corrected chi connectivity index (χ1v) is 16.8. The molecule has 0 amide bonds. The molecule has 1 saturated heterocycles. The average Bonchev–Trinajstić information content (AvgIpc) is 3.15. The average molecular weight is 471 g/mol. The van der Waals surface area contributed by atoms with Crippen molar-refractivity contribution in [2.24, 2.45) is 11.8 Å². The summed E-state index contributed by atoms with van der Waals surface area (Å²) in [5, 5.41) is 9.05. The van der Waals surface area contributed by atoms with Crippen LogP contribution in [0.4, 0.5) is 0 Å². The van der Waals surface area contributed by atoms with E-state index in [4.69, 9.17) is 18.6 Å². The number of nitrogens with zero attached hydrogens (tertiary/aromatic N) is 3. The maximum absolute atomic E-state index is 4.89. The first kappa shape index (κ1) is 24.4. The Balaban J connectivity index is 0.000000660. The van der Waals surface area contributed by atoms with Crippen molar-refractivity contribution in [3.05, 3.63) is 72.2 Å². The van der Waals surface area contributed by atoms with Gasteiger partial charge in [0, 0.05) is 0 Å². The van der Waals surface area contributed by atoms with Gasteiger partial charge in [0.2, 0.25) is 0 Å². The van der Waals surface area contributed by atoms with Gasteiger partial charge in [-0.3, -0.25) is 6.67 Å². The van der Waals surface area contributed by atoms with E-state index in [1.54, 1.807) is 5.57 Å². The molecule has 0 radical (unpaired) electrons. The molecule has 7 heteroatoms. The summed E-state index contributed by atoms with van der Waals surface area (Å²) in [6.45, 7) is 7.54. The summed E-state index contributed by atoms with van der Waals surface area (Å²) in [5.74, 6) is 1.38. The van der Waals surface area contributed by atoms with Crippen LogP contribution < -0.4 is 0 Å². The number of hydrogen-bond acceptors (Lipinski definition) is 1. The van der Waals surface area contributed by atoms with Crippen molar-refractivity contribution in [1.29, 1.82) is 0 Å². The molecule has 1 heterocycles. The number of rotatable bonds is 3. The zero-order valence-corrected chi connectivity index (χ0v) is 21.1. The molecule has 2 aliphatic carbocycles. The molecule has 0 N–H and O–H groups in total.